The standard InChI is InChI=1S/C7H17N3/c8-7(9)10-6-4-2-1-3-5-6/h6-7,10H,1-5,8-9H2. The minimum atomic E-state index is -0.330. The van der Waals surface area contributed by atoms with E-state index in [1.54, 1.807) is 0 Å². The van der Waals surface area contributed by atoms with Gasteiger partial charge in [-0.25, -0.2) is 0 Å². The molecule has 1 aliphatic carbocycles. The van der Waals surface area contributed by atoms with Gasteiger partial charge in [-0.2, -0.15) is 0 Å². The molecule has 1 fully saturated rings. The lowest BCUT2D eigenvalue weighted by Gasteiger charge is -2.24. The van der Waals surface area contributed by atoms with E-state index in [9.17, 15) is 0 Å². The molecule has 0 atom stereocenters. The van der Waals surface area contributed by atoms with E-state index in [1.807, 2.05) is 0 Å². The average molecular weight is 143 g/mol. The van der Waals surface area contributed by atoms with Gasteiger partial charge in [-0.05, 0) is 12.8 Å². The zero-order valence-corrected chi connectivity index (χ0v) is 6.34. The zero-order chi connectivity index (χ0) is 7.40. The monoisotopic (exact) mass is 143 g/mol. The van der Waals surface area contributed by atoms with Gasteiger partial charge in [0.25, 0.3) is 0 Å². The Kier molecular flexibility index (Phi) is 3.12. The lowest BCUT2D eigenvalue weighted by molar-refractivity contribution is 0.341. The molecule has 1 aliphatic rings. The summed E-state index contributed by atoms with van der Waals surface area (Å²) in [6.07, 6.45) is 6.17. The fourth-order valence-corrected chi connectivity index (χ4v) is 1.54. The molecule has 10 heavy (non-hydrogen) atoms. The number of nitrogens with one attached hydrogen (secondary N) is 1. The van der Waals surface area contributed by atoms with Crippen LogP contribution in [0.4, 0.5) is 0 Å². The van der Waals surface area contributed by atoms with E-state index in [1.165, 1.54) is 32.1 Å². The Bertz CT molecular complexity index is 86.9. The van der Waals surface area contributed by atoms with Crippen LogP contribution in [0.2, 0.25) is 0 Å². The zero-order valence-electron chi connectivity index (χ0n) is 6.34. The van der Waals surface area contributed by atoms with E-state index in [4.69, 9.17) is 11.5 Å². The molecule has 1 rings (SSSR count). The number of nitrogens with two attached hydrogens (primary N) is 2. The summed E-state index contributed by atoms with van der Waals surface area (Å²) in [7, 11) is 0. The Morgan fingerprint density at radius 1 is 1.10 bits per heavy atom. The molecule has 0 aliphatic heterocycles. The Hall–Kier alpha value is -0.120. The van der Waals surface area contributed by atoms with Gasteiger partial charge in [-0.3, -0.25) is 5.32 Å². The van der Waals surface area contributed by atoms with Crippen LogP contribution in [0, 0.1) is 0 Å². The van der Waals surface area contributed by atoms with Gasteiger partial charge in [0.1, 0.15) is 6.29 Å². The molecule has 3 heteroatoms. The van der Waals surface area contributed by atoms with Crippen molar-refractivity contribution >= 4 is 0 Å². The first kappa shape index (κ1) is 7.98. The normalized spacial score (nSPS) is 21.9. The van der Waals surface area contributed by atoms with Crippen LogP contribution < -0.4 is 16.8 Å². The largest absolute Gasteiger partial charge is 0.304 e. The summed E-state index contributed by atoms with van der Waals surface area (Å²) in [6, 6.07) is 0.578. The van der Waals surface area contributed by atoms with Crippen LogP contribution in [-0.4, -0.2) is 12.3 Å². The molecule has 0 spiro atoms. The summed E-state index contributed by atoms with van der Waals surface area (Å²) in [5.74, 6) is 0. The second-order valence-electron chi connectivity index (χ2n) is 3.03. The van der Waals surface area contributed by atoms with E-state index >= 15 is 0 Å². The minimum absolute atomic E-state index is 0.330. The van der Waals surface area contributed by atoms with E-state index in [-0.39, 0.29) is 6.29 Å². The summed E-state index contributed by atoms with van der Waals surface area (Å²) in [6.45, 7) is 0. The highest BCUT2D eigenvalue weighted by Gasteiger charge is 2.13. The number of hydrogen-bond acceptors (Lipinski definition) is 3. The fourth-order valence-electron chi connectivity index (χ4n) is 1.54. The van der Waals surface area contributed by atoms with Crippen LogP contribution in [0.15, 0.2) is 0 Å². The quantitative estimate of drug-likeness (QED) is 0.481. The molecular formula is C7H17N3. The highest BCUT2D eigenvalue weighted by molar-refractivity contribution is 4.72. The maximum absolute atomic E-state index is 5.39. The summed E-state index contributed by atoms with van der Waals surface area (Å²) in [5, 5.41) is 3.14. The molecule has 0 amide bonds. The van der Waals surface area contributed by atoms with Gasteiger partial charge >= 0.3 is 0 Å². The third-order valence-electron chi connectivity index (χ3n) is 2.03. The Balaban J connectivity index is 2.13. The van der Waals surface area contributed by atoms with E-state index in [0.717, 1.165) is 0 Å². The van der Waals surface area contributed by atoms with Crippen LogP contribution in [0.1, 0.15) is 32.1 Å². The topological polar surface area (TPSA) is 64.1 Å². The Morgan fingerprint density at radius 3 is 2.20 bits per heavy atom. The maximum Gasteiger partial charge on any atom is 0.107 e. The highest BCUT2D eigenvalue weighted by Crippen LogP contribution is 2.16. The first-order valence-electron chi connectivity index (χ1n) is 4.06. The average Bonchev–Trinajstić information content (AvgIpc) is 1.88. The van der Waals surface area contributed by atoms with Crippen LogP contribution in [0.5, 0.6) is 0 Å². The van der Waals surface area contributed by atoms with Crippen molar-refractivity contribution in [2.24, 2.45) is 11.5 Å². The van der Waals surface area contributed by atoms with E-state index in [0.29, 0.717) is 6.04 Å². The van der Waals surface area contributed by atoms with Gasteiger partial charge < -0.3 is 11.5 Å². The van der Waals surface area contributed by atoms with Crippen molar-refractivity contribution in [2.45, 2.75) is 44.4 Å². The molecule has 5 N–H and O–H groups in total. The molecule has 0 aromatic rings. The lowest BCUT2D eigenvalue weighted by Crippen LogP contribution is -2.50. The fraction of sp³-hybridized carbons (Fsp3) is 1.00. The van der Waals surface area contributed by atoms with Gasteiger partial charge in [-0.1, -0.05) is 19.3 Å². The predicted molar refractivity (Wildman–Crippen MR) is 42.2 cm³/mol. The van der Waals surface area contributed by atoms with Crippen molar-refractivity contribution in [3.63, 3.8) is 0 Å². The first-order chi connectivity index (χ1) is 4.79. The second kappa shape index (κ2) is 3.91. The molecule has 60 valence electrons. The van der Waals surface area contributed by atoms with Gasteiger partial charge in [0.2, 0.25) is 0 Å². The maximum atomic E-state index is 5.39. The highest BCUT2D eigenvalue weighted by atomic mass is 15.2. The van der Waals surface area contributed by atoms with Crippen molar-refractivity contribution in [1.29, 1.82) is 0 Å². The number of hydrogen-bond donors (Lipinski definition) is 3. The Labute approximate surface area is 62.2 Å². The lowest BCUT2D eigenvalue weighted by atomic mass is 9.96. The molecule has 0 unspecified atom stereocenters. The van der Waals surface area contributed by atoms with Crippen LogP contribution in [-0.2, 0) is 0 Å². The number of rotatable bonds is 2. The molecule has 0 heterocycles. The molecule has 1 saturated carbocycles. The van der Waals surface area contributed by atoms with Gasteiger partial charge in [0.05, 0.1) is 0 Å². The van der Waals surface area contributed by atoms with E-state index < -0.39 is 0 Å². The molecule has 0 aromatic carbocycles. The van der Waals surface area contributed by atoms with Crippen molar-refractivity contribution < 1.29 is 0 Å². The molecule has 0 aromatic heterocycles. The summed E-state index contributed by atoms with van der Waals surface area (Å²) in [5.41, 5.74) is 10.8. The van der Waals surface area contributed by atoms with Gasteiger partial charge in [-0.15, -0.1) is 0 Å². The van der Waals surface area contributed by atoms with E-state index in [2.05, 4.69) is 5.32 Å². The molecule has 3 nitrogen and oxygen atoms in total. The van der Waals surface area contributed by atoms with Crippen molar-refractivity contribution in [2.75, 3.05) is 0 Å². The third kappa shape index (κ3) is 2.64. The van der Waals surface area contributed by atoms with Crippen molar-refractivity contribution in [3.05, 3.63) is 0 Å². The summed E-state index contributed by atoms with van der Waals surface area (Å²) >= 11 is 0. The van der Waals surface area contributed by atoms with Crippen LogP contribution >= 0.6 is 0 Å². The van der Waals surface area contributed by atoms with Crippen LogP contribution in [0.3, 0.4) is 0 Å². The molecule has 0 radical (unpaired) electrons. The summed E-state index contributed by atoms with van der Waals surface area (Å²) < 4.78 is 0. The van der Waals surface area contributed by atoms with Crippen molar-refractivity contribution in [1.82, 2.24) is 5.32 Å². The first-order valence-corrected chi connectivity index (χ1v) is 4.06. The molecule has 0 saturated heterocycles. The second-order valence-corrected chi connectivity index (χ2v) is 3.03. The van der Waals surface area contributed by atoms with Crippen LogP contribution in [0.25, 0.3) is 0 Å². The molecular weight excluding hydrogens is 126 g/mol. The smallest absolute Gasteiger partial charge is 0.107 e. The Morgan fingerprint density at radius 2 is 1.70 bits per heavy atom. The van der Waals surface area contributed by atoms with Crippen molar-refractivity contribution in [3.8, 4) is 0 Å². The molecule has 0 bridgehead atoms. The minimum Gasteiger partial charge on any atom is -0.304 e. The van der Waals surface area contributed by atoms with Gasteiger partial charge in [0.15, 0.2) is 0 Å². The third-order valence-corrected chi connectivity index (χ3v) is 2.03. The SMILES string of the molecule is NC(N)NC1CCCCC1. The summed E-state index contributed by atoms with van der Waals surface area (Å²) in [4.78, 5) is 0. The predicted octanol–water partition coefficient (Wildman–Crippen LogP) is 0.110. The van der Waals surface area contributed by atoms with Gasteiger partial charge in [0, 0.05) is 6.04 Å².